The van der Waals surface area contributed by atoms with Gasteiger partial charge in [0.2, 0.25) is 0 Å². The van der Waals surface area contributed by atoms with E-state index in [-0.39, 0.29) is 48.6 Å². The van der Waals surface area contributed by atoms with Crippen molar-refractivity contribution in [2.24, 2.45) is 4.99 Å². The smallest absolute Gasteiger partial charge is 0.258 e. The molecule has 1 fully saturated rings. The van der Waals surface area contributed by atoms with Crippen molar-refractivity contribution in [2.75, 3.05) is 20.2 Å². The van der Waals surface area contributed by atoms with Gasteiger partial charge in [-0.15, -0.1) is 24.0 Å². The number of guanidine groups is 1. The number of benzene rings is 2. The molecule has 1 saturated carbocycles. The molecule has 0 saturated heterocycles. The number of aliphatic imine (C=N–C) groups is 1. The van der Waals surface area contributed by atoms with Crippen molar-refractivity contribution >= 4 is 35.8 Å². The Morgan fingerprint density at radius 3 is 2.55 bits per heavy atom. The zero-order chi connectivity index (χ0) is 21.3. The summed E-state index contributed by atoms with van der Waals surface area (Å²) in [4.78, 5) is 15.7. The van der Waals surface area contributed by atoms with Gasteiger partial charge in [-0.1, -0.05) is 12.1 Å². The van der Waals surface area contributed by atoms with Crippen LogP contribution in [0.5, 0.6) is 5.75 Å². The van der Waals surface area contributed by atoms with Crippen molar-refractivity contribution in [1.29, 1.82) is 0 Å². The molecule has 3 rings (SSSR count). The molecule has 0 aromatic heterocycles. The fraction of sp³-hybridized carbons (Fsp3) is 0.364. The van der Waals surface area contributed by atoms with Crippen LogP contribution in [0.15, 0.2) is 47.5 Å². The standard InChI is InChI=1S/C22H26F2N4O2.HI/c1-25-22(27-13-16-12-17(23)4-9-20(16)24)26-11-10-15-2-7-19(8-3-15)30-14-21(29)28-18-5-6-18;/h2-4,7-9,12,18H,5-6,10-11,13-14H2,1H3,(H,28,29)(H2,25,26,27);1H. The maximum absolute atomic E-state index is 13.7. The van der Waals surface area contributed by atoms with Crippen molar-refractivity contribution in [2.45, 2.75) is 31.8 Å². The minimum Gasteiger partial charge on any atom is -0.484 e. The summed E-state index contributed by atoms with van der Waals surface area (Å²) in [5.41, 5.74) is 1.32. The summed E-state index contributed by atoms with van der Waals surface area (Å²) in [6.07, 6.45) is 2.84. The second kappa shape index (κ2) is 12.4. The number of hydrogen-bond donors (Lipinski definition) is 3. The molecule has 1 amide bonds. The highest BCUT2D eigenvalue weighted by Crippen LogP contribution is 2.18. The fourth-order valence-corrected chi connectivity index (χ4v) is 2.80. The number of hydrogen-bond acceptors (Lipinski definition) is 3. The van der Waals surface area contributed by atoms with Crippen molar-refractivity contribution in [3.8, 4) is 5.75 Å². The lowest BCUT2D eigenvalue weighted by Crippen LogP contribution is -2.38. The Bertz CT molecular complexity index is 890. The van der Waals surface area contributed by atoms with Crippen LogP contribution < -0.4 is 20.7 Å². The van der Waals surface area contributed by atoms with Gasteiger partial charge in [0.1, 0.15) is 17.4 Å². The van der Waals surface area contributed by atoms with Gasteiger partial charge in [-0.25, -0.2) is 8.78 Å². The number of nitrogens with one attached hydrogen (secondary N) is 3. The highest BCUT2D eigenvalue weighted by Gasteiger charge is 2.23. The number of carbonyl (C=O) groups is 1. The molecule has 0 spiro atoms. The van der Waals surface area contributed by atoms with E-state index in [1.54, 1.807) is 7.05 Å². The van der Waals surface area contributed by atoms with Crippen LogP contribution >= 0.6 is 24.0 Å². The van der Waals surface area contributed by atoms with E-state index in [4.69, 9.17) is 4.74 Å². The Morgan fingerprint density at radius 2 is 1.87 bits per heavy atom. The van der Waals surface area contributed by atoms with Crippen LogP contribution in [0, 0.1) is 11.6 Å². The number of ether oxygens (including phenoxy) is 1. The third-order valence-electron chi connectivity index (χ3n) is 4.62. The van der Waals surface area contributed by atoms with E-state index in [1.165, 1.54) is 0 Å². The van der Waals surface area contributed by atoms with E-state index >= 15 is 0 Å². The number of amides is 1. The minimum atomic E-state index is -0.480. The molecule has 1 aliphatic rings. The van der Waals surface area contributed by atoms with Gasteiger partial charge in [-0.2, -0.15) is 0 Å². The Hall–Kier alpha value is -2.43. The normalized spacial score (nSPS) is 13.2. The van der Waals surface area contributed by atoms with Gasteiger partial charge < -0.3 is 20.7 Å². The van der Waals surface area contributed by atoms with Crippen LogP contribution in [-0.2, 0) is 17.8 Å². The molecule has 0 bridgehead atoms. The Morgan fingerprint density at radius 1 is 1.13 bits per heavy atom. The molecule has 9 heteroatoms. The molecule has 0 unspecified atom stereocenters. The van der Waals surface area contributed by atoms with Crippen molar-refractivity contribution < 1.29 is 18.3 Å². The summed E-state index contributed by atoms with van der Waals surface area (Å²) in [6.45, 7) is 0.754. The lowest BCUT2D eigenvalue weighted by molar-refractivity contribution is -0.123. The fourth-order valence-electron chi connectivity index (χ4n) is 2.80. The van der Waals surface area contributed by atoms with Crippen LogP contribution in [0.1, 0.15) is 24.0 Å². The number of halogens is 3. The molecule has 1 aliphatic carbocycles. The lowest BCUT2D eigenvalue weighted by Gasteiger charge is -2.13. The zero-order valence-corrected chi connectivity index (χ0v) is 19.6. The monoisotopic (exact) mass is 544 g/mol. The Kier molecular flexibility index (Phi) is 9.96. The number of nitrogens with zero attached hydrogens (tertiary/aromatic N) is 1. The van der Waals surface area contributed by atoms with Crippen LogP contribution in [-0.4, -0.2) is 38.1 Å². The predicted molar refractivity (Wildman–Crippen MR) is 127 cm³/mol. The first kappa shape index (κ1) is 24.8. The van der Waals surface area contributed by atoms with Gasteiger partial charge in [-0.3, -0.25) is 9.79 Å². The molecular weight excluding hydrogens is 517 g/mol. The molecule has 2 aromatic carbocycles. The second-order valence-electron chi connectivity index (χ2n) is 7.11. The van der Waals surface area contributed by atoms with Gasteiger partial charge >= 0.3 is 0 Å². The summed E-state index contributed by atoms with van der Waals surface area (Å²) >= 11 is 0. The highest BCUT2D eigenvalue weighted by molar-refractivity contribution is 14.0. The summed E-state index contributed by atoms with van der Waals surface area (Å²) in [5.74, 6) is 0.106. The maximum atomic E-state index is 13.7. The molecule has 0 radical (unpaired) electrons. The van der Waals surface area contributed by atoms with Crippen molar-refractivity contribution in [3.05, 3.63) is 65.2 Å². The molecule has 168 valence electrons. The van der Waals surface area contributed by atoms with Crippen LogP contribution in [0.2, 0.25) is 0 Å². The Labute approximate surface area is 197 Å². The van der Waals surface area contributed by atoms with Crippen LogP contribution in [0.4, 0.5) is 8.78 Å². The average molecular weight is 544 g/mol. The third-order valence-corrected chi connectivity index (χ3v) is 4.62. The van der Waals surface area contributed by atoms with E-state index in [0.29, 0.717) is 24.3 Å². The van der Waals surface area contributed by atoms with Gasteiger partial charge in [-0.05, 0) is 55.2 Å². The molecule has 0 heterocycles. The van der Waals surface area contributed by atoms with Crippen molar-refractivity contribution in [3.63, 3.8) is 0 Å². The summed E-state index contributed by atoms with van der Waals surface area (Å²) in [5, 5.41) is 8.99. The quantitative estimate of drug-likeness (QED) is 0.258. The SMILES string of the molecule is CN=C(NCCc1ccc(OCC(=O)NC2CC2)cc1)NCc1cc(F)ccc1F.I. The van der Waals surface area contributed by atoms with E-state index in [0.717, 1.165) is 43.0 Å². The predicted octanol–water partition coefficient (Wildman–Crippen LogP) is 3.15. The largest absolute Gasteiger partial charge is 0.484 e. The first-order valence-electron chi connectivity index (χ1n) is 9.93. The first-order chi connectivity index (χ1) is 14.5. The Balaban J connectivity index is 0.00000341. The second-order valence-corrected chi connectivity index (χ2v) is 7.11. The highest BCUT2D eigenvalue weighted by atomic mass is 127. The summed E-state index contributed by atoms with van der Waals surface area (Å²) in [6, 6.07) is 11.2. The molecule has 3 N–H and O–H groups in total. The molecule has 0 aliphatic heterocycles. The molecule has 0 atom stereocenters. The summed E-state index contributed by atoms with van der Waals surface area (Å²) in [7, 11) is 1.61. The third kappa shape index (κ3) is 8.68. The maximum Gasteiger partial charge on any atom is 0.258 e. The number of carbonyl (C=O) groups excluding carboxylic acids is 1. The van der Waals surface area contributed by atoms with Gasteiger partial charge in [0, 0.05) is 31.7 Å². The summed E-state index contributed by atoms with van der Waals surface area (Å²) < 4.78 is 32.4. The van der Waals surface area contributed by atoms with Crippen LogP contribution in [0.25, 0.3) is 0 Å². The van der Waals surface area contributed by atoms with Gasteiger partial charge in [0.05, 0.1) is 0 Å². The first-order valence-corrected chi connectivity index (χ1v) is 9.93. The topological polar surface area (TPSA) is 74.8 Å². The van der Waals surface area contributed by atoms with E-state index in [1.807, 2.05) is 24.3 Å². The molecule has 6 nitrogen and oxygen atoms in total. The van der Waals surface area contributed by atoms with E-state index in [2.05, 4.69) is 20.9 Å². The van der Waals surface area contributed by atoms with Gasteiger partial charge in [0.15, 0.2) is 12.6 Å². The van der Waals surface area contributed by atoms with E-state index in [9.17, 15) is 13.6 Å². The molecule has 2 aromatic rings. The zero-order valence-electron chi connectivity index (χ0n) is 17.3. The van der Waals surface area contributed by atoms with Gasteiger partial charge in [0.25, 0.3) is 5.91 Å². The lowest BCUT2D eigenvalue weighted by atomic mass is 10.1. The number of rotatable bonds is 9. The van der Waals surface area contributed by atoms with E-state index < -0.39 is 11.6 Å². The van der Waals surface area contributed by atoms with Crippen LogP contribution in [0.3, 0.4) is 0 Å². The van der Waals surface area contributed by atoms with Crippen molar-refractivity contribution in [1.82, 2.24) is 16.0 Å². The average Bonchev–Trinajstić information content (AvgIpc) is 3.56. The minimum absolute atomic E-state index is 0. The molecular formula is C22H27F2IN4O2. The molecule has 31 heavy (non-hydrogen) atoms.